The molecule has 7 nitrogen and oxygen atoms in total. The van der Waals surface area contributed by atoms with Gasteiger partial charge in [-0.2, -0.15) is 0 Å². The van der Waals surface area contributed by atoms with Gasteiger partial charge in [0, 0.05) is 38.6 Å². The van der Waals surface area contributed by atoms with Gasteiger partial charge in [0.25, 0.3) is 5.88 Å². The molecule has 0 atom stereocenters. The van der Waals surface area contributed by atoms with Crippen molar-refractivity contribution >= 4 is 11.7 Å². The maximum Gasteiger partial charge on any atom is 0.263 e. The maximum atomic E-state index is 13.0. The van der Waals surface area contributed by atoms with Crippen LogP contribution in [-0.2, 0) is 4.79 Å². The summed E-state index contributed by atoms with van der Waals surface area (Å²) in [6, 6.07) is 5.74. The predicted octanol–water partition coefficient (Wildman–Crippen LogP) is 1.02. The van der Waals surface area contributed by atoms with E-state index in [0.717, 1.165) is 0 Å². The molecular weight excluding hydrogens is 313 g/mol. The van der Waals surface area contributed by atoms with Crippen molar-refractivity contribution in [2.24, 2.45) is 5.73 Å². The summed E-state index contributed by atoms with van der Waals surface area (Å²) >= 11 is 0. The number of nitrogens with zero attached hydrogens (tertiary/aromatic N) is 4. The van der Waals surface area contributed by atoms with Gasteiger partial charge in [-0.1, -0.05) is 0 Å². The van der Waals surface area contributed by atoms with Gasteiger partial charge in [0.1, 0.15) is 11.6 Å². The first-order chi connectivity index (χ1) is 11.6. The molecule has 0 radical (unpaired) electrons. The van der Waals surface area contributed by atoms with Crippen molar-refractivity contribution in [1.29, 1.82) is 0 Å². The molecule has 1 aromatic heterocycles. The van der Waals surface area contributed by atoms with E-state index >= 15 is 0 Å². The zero-order valence-corrected chi connectivity index (χ0v) is 13.1. The molecule has 1 aliphatic rings. The monoisotopic (exact) mass is 331 g/mol. The third-order valence-electron chi connectivity index (χ3n) is 3.73. The summed E-state index contributed by atoms with van der Waals surface area (Å²) in [6.07, 6.45) is 3.15. The summed E-state index contributed by atoms with van der Waals surface area (Å²) in [5.74, 6) is 0.828. The number of benzene rings is 1. The Morgan fingerprint density at radius 3 is 2.46 bits per heavy atom. The molecule has 1 aliphatic heterocycles. The summed E-state index contributed by atoms with van der Waals surface area (Å²) in [5.41, 5.74) is 5.23. The van der Waals surface area contributed by atoms with Crippen molar-refractivity contribution in [3.05, 3.63) is 42.5 Å². The SMILES string of the molecule is NC(=O)CN1CCN(c2nccnc2Oc2ccc(F)cc2)CC1. The quantitative estimate of drug-likeness (QED) is 0.880. The Kier molecular flexibility index (Phi) is 4.85. The van der Waals surface area contributed by atoms with Crippen molar-refractivity contribution < 1.29 is 13.9 Å². The van der Waals surface area contributed by atoms with Gasteiger partial charge in [-0.3, -0.25) is 9.69 Å². The number of hydrogen-bond donors (Lipinski definition) is 1. The number of piperazine rings is 1. The van der Waals surface area contributed by atoms with Crippen LogP contribution in [0.15, 0.2) is 36.7 Å². The van der Waals surface area contributed by atoms with Gasteiger partial charge in [-0.05, 0) is 24.3 Å². The van der Waals surface area contributed by atoms with Crippen molar-refractivity contribution in [1.82, 2.24) is 14.9 Å². The molecule has 2 aromatic rings. The second-order valence-corrected chi connectivity index (χ2v) is 5.47. The van der Waals surface area contributed by atoms with Gasteiger partial charge in [0.15, 0.2) is 5.82 Å². The number of hydrogen-bond acceptors (Lipinski definition) is 6. The van der Waals surface area contributed by atoms with Crippen molar-refractivity contribution in [3.8, 4) is 11.6 Å². The fraction of sp³-hybridized carbons (Fsp3) is 0.312. The average Bonchev–Trinajstić information content (AvgIpc) is 2.58. The highest BCUT2D eigenvalue weighted by Gasteiger charge is 2.22. The molecule has 2 N–H and O–H groups in total. The summed E-state index contributed by atoms with van der Waals surface area (Å²) in [6.45, 7) is 3.04. The number of ether oxygens (including phenoxy) is 1. The highest BCUT2D eigenvalue weighted by molar-refractivity contribution is 5.76. The Labute approximate surface area is 138 Å². The zero-order chi connectivity index (χ0) is 16.9. The first kappa shape index (κ1) is 16.1. The lowest BCUT2D eigenvalue weighted by Crippen LogP contribution is -2.49. The second kappa shape index (κ2) is 7.22. The van der Waals surface area contributed by atoms with Gasteiger partial charge < -0.3 is 15.4 Å². The standard InChI is InChI=1S/C16H18FN5O2/c17-12-1-3-13(4-2-12)24-16-15(19-5-6-20-16)22-9-7-21(8-10-22)11-14(18)23/h1-6H,7-11H2,(H2,18,23). The van der Waals surface area contributed by atoms with Gasteiger partial charge in [-0.15, -0.1) is 0 Å². The molecule has 1 amide bonds. The van der Waals surface area contributed by atoms with Crippen LogP contribution in [0, 0.1) is 5.82 Å². The van der Waals surface area contributed by atoms with Crippen molar-refractivity contribution in [3.63, 3.8) is 0 Å². The molecular formula is C16H18FN5O2. The molecule has 1 saturated heterocycles. The smallest absolute Gasteiger partial charge is 0.263 e. The lowest BCUT2D eigenvalue weighted by molar-refractivity contribution is -0.119. The number of amides is 1. The summed E-state index contributed by atoms with van der Waals surface area (Å²) in [5, 5.41) is 0. The lowest BCUT2D eigenvalue weighted by Gasteiger charge is -2.34. The van der Waals surface area contributed by atoms with Gasteiger partial charge >= 0.3 is 0 Å². The van der Waals surface area contributed by atoms with Gasteiger partial charge in [0.2, 0.25) is 5.91 Å². The normalized spacial score (nSPS) is 15.3. The maximum absolute atomic E-state index is 13.0. The molecule has 8 heteroatoms. The Balaban J connectivity index is 1.70. The Hall–Kier alpha value is -2.74. The predicted molar refractivity (Wildman–Crippen MR) is 86.4 cm³/mol. The highest BCUT2D eigenvalue weighted by atomic mass is 19.1. The fourth-order valence-corrected chi connectivity index (χ4v) is 2.56. The van der Waals surface area contributed by atoms with Gasteiger partial charge in [0.05, 0.1) is 6.54 Å². The molecule has 126 valence electrons. The molecule has 0 spiro atoms. The van der Waals surface area contributed by atoms with E-state index in [1.165, 1.54) is 12.1 Å². The molecule has 24 heavy (non-hydrogen) atoms. The minimum Gasteiger partial charge on any atom is -0.436 e. The van der Waals surface area contributed by atoms with Crippen molar-refractivity contribution in [2.45, 2.75) is 0 Å². The third-order valence-corrected chi connectivity index (χ3v) is 3.73. The molecule has 1 fully saturated rings. The molecule has 0 aliphatic carbocycles. The molecule has 2 heterocycles. The average molecular weight is 331 g/mol. The van der Waals surface area contributed by atoms with Crippen LogP contribution in [0.1, 0.15) is 0 Å². The summed E-state index contributed by atoms with van der Waals surface area (Å²) < 4.78 is 18.7. The van der Waals surface area contributed by atoms with E-state index in [4.69, 9.17) is 10.5 Å². The summed E-state index contributed by atoms with van der Waals surface area (Å²) in [7, 11) is 0. The van der Waals surface area contributed by atoms with E-state index in [2.05, 4.69) is 9.97 Å². The van der Waals surface area contributed by atoms with E-state index in [9.17, 15) is 9.18 Å². The molecule has 0 bridgehead atoms. The number of carbonyl (C=O) groups is 1. The van der Waals surface area contributed by atoms with Crippen LogP contribution in [-0.4, -0.2) is 53.5 Å². The number of carbonyl (C=O) groups excluding carboxylic acids is 1. The van der Waals surface area contributed by atoms with Crippen LogP contribution in [0.4, 0.5) is 10.2 Å². The van der Waals surface area contributed by atoms with Crippen molar-refractivity contribution in [2.75, 3.05) is 37.6 Å². The lowest BCUT2D eigenvalue weighted by atomic mass is 10.3. The van der Waals surface area contributed by atoms with Gasteiger partial charge in [-0.25, -0.2) is 14.4 Å². The number of anilines is 1. The fourth-order valence-electron chi connectivity index (χ4n) is 2.56. The summed E-state index contributed by atoms with van der Waals surface area (Å²) in [4.78, 5) is 23.6. The highest BCUT2D eigenvalue weighted by Crippen LogP contribution is 2.28. The largest absolute Gasteiger partial charge is 0.436 e. The van der Waals surface area contributed by atoms with E-state index in [1.807, 2.05) is 9.80 Å². The minimum atomic E-state index is -0.330. The minimum absolute atomic E-state index is 0.257. The number of rotatable bonds is 5. The zero-order valence-electron chi connectivity index (χ0n) is 13.1. The Morgan fingerprint density at radius 1 is 1.12 bits per heavy atom. The molecule has 1 aromatic carbocycles. The van der Waals surface area contributed by atoms with Crippen LogP contribution in [0.25, 0.3) is 0 Å². The first-order valence-electron chi connectivity index (χ1n) is 7.62. The number of nitrogens with two attached hydrogens (primary N) is 1. The van der Waals surface area contributed by atoms with Crippen LogP contribution in [0.3, 0.4) is 0 Å². The number of primary amides is 1. The van der Waals surface area contributed by atoms with E-state index in [0.29, 0.717) is 43.6 Å². The Bertz CT molecular complexity index is 702. The topological polar surface area (TPSA) is 84.6 Å². The third kappa shape index (κ3) is 3.96. The van der Waals surface area contributed by atoms with E-state index in [1.54, 1.807) is 24.5 Å². The van der Waals surface area contributed by atoms with Crippen LogP contribution >= 0.6 is 0 Å². The van der Waals surface area contributed by atoms with E-state index in [-0.39, 0.29) is 18.3 Å². The Morgan fingerprint density at radius 2 is 1.79 bits per heavy atom. The number of halogens is 1. The molecule has 0 saturated carbocycles. The first-order valence-corrected chi connectivity index (χ1v) is 7.62. The van der Waals surface area contributed by atoms with Crippen LogP contribution < -0.4 is 15.4 Å². The molecule has 0 unspecified atom stereocenters. The molecule has 3 rings (SSSR count). The van der Waals surface area contributed by atoms with Crippen LogP contribution in [0.2, 0.25) is 0 Å². The van der Waals surface area contributed by atoms with E-state index < -0.39 is 0 Å². The second-order valence-electron chi connectivity index (χ2n) is 5.47. The van der Waals surface area contributed by atoms with Crippen LogP contribution in [0.5, 0.6) is 11.6 Å². The number of aromatic nitrogens is 2.